The summed E-state index contributed by atoms with van der Waals surface area (Å²) in [5.41, 5.74) is -2.18. The highest BCUT2D eigenvalue weighted by atomic mass is 35.5. The molecular formula is C46H30Cl2F12N8O4S2. The summed E-state index contributed by atoms with van der Waals surface area (Å²) in [7, 11) is -8.41. The van der Waals surface area contributed by atoms with Gasteiger partial charge in [0, 0.05) is 65.7 Å². The van der Waals surface area contributed by atoms with Crippen molar-refractivity contribution in [3.05, 3.63) is 178 Å². The van der Waals surface area contributed by atoms with Gasteiger partial charge in [0.1, 0.15) is 11.3 Å². The molecule has 28 heteroatoms. The topological polar surface area (TPSA) is 161 Å². The van der Waals surface area contributed by atoms with Crippen LogP contribution in [0.3, 0.4) is 0 Å². The first-order chi connectivity index (χ1) is 34.4. The largest absolute Gasteiger partial charge is 0.418 e. The van der Waals surface area contributed by atoms with Crippen LogP contribution in [0.2, 0.25) is 10.0 Å². The SMILES string of the molecule is Cc1ccc(S(=O)(=O)n2cc(C(F)(F)F)c3c(Cl)ccnc32)cc1.Cc1ccc(S(=O)(=O)n2cc(C(F)(F)F)c3cccnc32)cc1.FC(F)(F)c1c[nH]c2nccc(Cl)c12.FC(F)(F)c1c[nH]c2ncccc12. The first-order valence-corrected chi connectivity index (χ1v) is 24.1. The minimum Gasteiger partial charge on any atom is -0.346 e. The van der Waals surface area contributed by atoms with E-state index >= 15 is 0 Å². The normalized spacial score (nSPS) is 12.5. The van der Waals surface area contributed by atoms with Crippen LogP contribution < -0.4 is 0 Å². The monoisotopic (exact) mass is 1120 g/mol. The minimum atomic E-state index is -4.76. The molecule has 0 fully saturated rings. The van der Waals surface area contributed by atoms with Gasteiger partial charge in [0.05, 0.1) is 47.5 Å². The summed E-state index contributed by atoms with van der Waals surface area (Å²) in [6.07, 6.45) is -10.1. The summed E-state index contributed by atoms with van der Waals surface area (Å²) in [4.78, 5) is 19.7. The molecule has 0 aliphatic heterocycles. The van der Waals surface area contributed by atoms with Crippen molar-refractivity contribution in [2.45, 2.75) is 48.3 Å². The Labute approximate surface area is 419 Å². The van der Waals surface area contributed by atoms with Crippen LogP contribution in [0, 0.1) is 13.8 Å². The zero-order chi connectivity index (χ0) is 54.3. The number of aryl methyl sites for hydroxylation is 2. The van der Waals surface area contributed by atoms with Gasteiger partial charge >= 0.3 is 24.7 Å². The minimum absolute atomic E-state index is 0.0450. The number of nitrogens with one attached hydrogen (secondary N) is 2. The summed E-state index contributed by atoms with van der Waals surface area (Å²) < 4.78 is 205. The van der Waals surface area contributed by atoms with Crippen molar-refractivity contribution in [2.75, 3.05) is 0 Å². The van der Waals surface area contributed by atoms with Gasteiger partial charge in [-0.2, -0.15) is 52.7 Å². The van der Waals surface area contributed by atoms with Gasteiger partial charge in [-0.25, -0.2) is 44.7 Å². The zero-order valence-electron chi connectivity index (χ0n) is 37.1. The quantitative estimate of drug-likeness (QED) is 0.165. The van der Waals surface area contributed by atoms with E-state index in [1.165, 1.54) is 79.3 Å². The average molecular weight is 1120 g/mol. The molecule has 0 unspecified atom stereocenters. The number of alkyl halides is 12. The van der Waals surface area contributed by atoms with Gasteiger partial charge in [0.2, 0.25) is 0 Å². The second-order valence-corrected chi connectivity index (χ2v) is 19.9. The molecule has 8 aromatic heterocycles. The molecule has 388 valence electrons. The molecule has 0 aliphatic carbocycles. The number of hydrogen-bond donors (Lipinski definition) is 2. The van der Waals surface area contributed by atoms with Crippen molar-refractivity contribution >= 4 is 87.4 Å². The summed E-state index contributed by atoms with van der Waals surface area (Å²) in [6.45, 7) is 3.55. The Kier molecular flexibility index (Phi) is 15.0. The molecule has 8 heterocycles. The predicted molar refractivity (Wildman–Crippen MR) is 249 cm³/mol. The van der Waals surface area contributed by atoms with Crippen molar-refractivity contribution < 1.29 is 69.5 Å². The molecule has 2 N–H and O–H groups in total. The predicted octanol–water partition coefficient (Wildman–Crippen LogP) is 13.7. The Hall–Kier alpha value is -7.16. The second kappa shape index (κ2) is 20.3. The molecular weight excluding hydrogens is 1090 g/mol. The summed E-state index contributed by atoms with van der Waals surface area (Å²) in [6, 6.07) is 19.6. The highest BCUT2D eigenvalue weighted by Crippen LogP contribution is 2.41. The van der Waals surface area contributed by atoms with E-state index in [-0.39, 0.29) is 58.6 Å². The van der Waals surface area contributed by atoms with Crippen molar-refractivity contribution in [3.63, 3.8) is 0 Å². The van der Waals surface area contributed by atoms with Gasteiger partial charge in [-0.3, -0.25) is 0 Å². The van der Waals surface area contributed by atoms with Crippen molar-refractivity contribution in [3.8, 4) is 0 Å². The standard InChI is InChI=1S/C15H10ClF3N2O2S.C15H11F3N2O2S.C8H4ClF3N2.C8H5F3N2/c1-9-2-4-10(5-3-9)24(22,23)21-8-11(15(17,18)19)13-12(16)6-7-20-14(13)21;1-10-4-6-11(7-5-10)23(21,22)20-9-13(15(16,17)18)12-3-2-8-19-14(12)20;9-5-1-2-13-7-6(5)4(3-14-7)8(10,11)12;9-8(10,11)6-4-13-7-5(6)2-1-3-12-7/h2-8H,1H3;2-9H,1H3;1-3H,(H,13,14);1-4H,(H,12,13). The molecule has 12 nitrogen and oxygen atoms in total. The van der Waals surface area contributed by atoms with Crippen LogP contribution in [-0.2, 0) is 44.8 Å². The number of nitrogens with zero attached hydrogens (tertiary/aromatic N) is 6. The molecule has 10 aromatic rings. The molecule has 10 rings (SSSR count). The number of H-pyrrole nitrogens is 2. The average Bonchev–Trinajstić information content (AvgIpc) is 4.13. The summed E-state index contributed by atoms with van der Waals surface area (Å²) >= 11 is 11.5. The molecule has 0 radical (unpaired) electrons. The lowest BCUT2D eigenvalue weighted by molar-refractivity contribution is -0.137. The Morgan fingerprint density at radius 2 is 0.851 bits per heavy atom. The Bertz CT molecular complexity index is 3890. The third-order valence-electron chi connectivity index (χ3n) is 10.5. The fourth-order valence-electron chi connectivity index (χ4n) is 7.00. The van der Waals surface area contributed by atoms with Crippen LogP contribution >= 0.6 is 23.2 Å². The fourth-order valence-corrected chi connectivity index (χ4v) is 10.1. The van der Waals surface area contributed by atoms with E-state index in [9.17, 15) is 69.5 Å². The summed E-state index contributed by atoms with van der Waals surface area (Å²) in [5.74, 6) is 0. The number of halogens is 14. The molecule has 0 saturated carbocycles. The van der Waals surface area contributed by atoms with Crippen molar-refractivity contribution in [2.24, 2.45) is 0 Å². The summed E-state index contributed by atoms with van der Waals surface area (Å²) in [5, 5.41) is -0.844. The van der Waals surface area contributed by atoms with Gasteiger partial charge in [-0.1, -0.05) is 58.6 Å². The van der Waals surface area contributed by atoms with Gasteiger partial charge < -0.3 is 9.97 Å². The lowest BCUT2D eigenvalue weighted by Gasteiger charge is -2.07. The molecule has 74 heavy (non-hydrogen) atoms. The van der Waals surface area contributed by atoms with Gasteiger partial charge in [0.15, 0.2) is 11.3 Å². The molecule has 0 spiro atoms. The first kappa shape index (κ1) is 54.6. The van der Waals surface area contributed by atoms with Crippen molar-refractivity contribution in [1.82, 2.24) is 37.8 Å². The molecule has 0 amide bonds. The number of aromatic nitrogens is 8. The number of benzene rings is 2. The van der Waals surface area contributed by atoms with E-state index in [0.717, 1.165) is 29.7 Å². The molecule has 0 atom stereocenters. The van der Waals surface area contributed by atoms with E-state index in [1.807, 2.05) is 0 Å². The highest BCUT2D eigenvalue weighted by Gasteiger charge is 2.39. The third-order valence-corrected chi connectivity index (χ3v) is 14.4. The maximum atomic E-state index is 13.3. The number of pyridine rings is 4. The van der Waals surface area contributed by atoms with E-state index in [4.69, 9.17) is 23.2 Å². The van der Waals surface area contributed by atoms with Crippen LogP contribution in [-0.4, -0.2) is 54.7 Å². The van der Waals surface area contributed by atoms with E-state index < -0.39 is 72.4 Å². The number of hydrogen-bond acceptors (Lipinski definition) is 8. The van der Waals surface area contributed by atoms with Crippen LogP contribution in [0.5, 0.6) is 0 Å². The maximum Gasteiger partial charge on any atom is 0.418 e. The first-order valence-electron chi connectivity index (χ1n) is 20.5. The van der Waals surface area contributed by atoms with Gasteiger partial charge in [0.25, 0.3) is 20.0 Å². The lowest BCUT2D eigenvalue weighted by Crippen LogP contribution is -2.13. The molecule has 0 saturated heterocycles. The zero-order valence-corrected chi connectivity index (χ0v) is 40.3. The molecule has 0 aliphatic rings. The lowest BCUT2D eigenvalue weighted by atomic mass is 10.2. The fraction of sp³-hybridized carbons (Fsp3) is 0.130. The van der Waals surface area contributed by atoms with E-state index in [2.05, 4.69) is 29.9 Å². The maximum absolute atomic E-state index is 13.3. The van der Waals surface area contributed by atoms with Crippen molar-refractivity contribution in [1.29, 1.82) is 0 Å². The number of aromatic amines is 2. The highest BCUT2D eigenvalue weighted by molar-refractivity contribution is 7.90. The molecule has 0 bridgehead atoms. The smallest absolute Gasteiger partial charge is 0.346 e. The number of rotatable bonds is 4. The van der Waals surface area contributed by atoms with E-state index in [1.54, 1.807) is 38.1 Å². The van der Waals surface area contributed by atoms with Crippen LogP contribution in [0.1, 0.15) is 33.4 Å². The Morgan fingerprint density at radius 1 is 0.446 bits per heavy atom. The molecule has 2 aromatic carbocycles. The van der Waals surface area contributed by atoms with E-state index in [0.29, 0.717) is 20.3 Å². The van der Waals surface area contributed by atoms with Gasteiger partial charge in [-0.05, 0) is 74.5 Å². The van der Waals surface area contributed by atoms with Crippen LogP contribution in [0.25, 0.3) is 44.1 Å². The second-order valence-electron chi connectivity index (χ2n) is 15.5. The van der Waals surface area contributed by atoms with Crippen LogP contribution in [0.4, 0.5) is 52.7 Å². The Balaban J connectivity index is 0.000000149. The van der Waals surface area contributed by atoms with Crippen LogP contribution in [0.15, 0.2) is 144 Å². The van der Waals surface area contributed by atoms with Gasteiger partial charge in [-0.15, -0.1) is 0 Å². The Morgan fingerprint density at radius 3 is 1.38 bits per heavy atom. The number of fused-ring (bicyclic) bond motifs is 4. The third kappa shape index (κ3) is 11.3.